The van der Waals surface area contributed by atoms with E-state index in [4.69, 9.17) is 11.6 Å². The van der Waals surface area contributed by atoms with Crippen molar-refractivity contribution in [3.63, 3.8) is 0 Å². The van der Waals surface area contributed by atoms with Crippen LogP contribution in [0, 0.1) is 12.7 Å². The number of benzene rings is 1. The van der Waals surface area contributed by atoms with Gasteiger partial charge in [-0.1, -0.05) is 11.6 Å². The standard InChI is InChI=1S/C10H6BrClFN/c1-5-4-7(13)9(11)6-2-3-8(12)14-10(5)6/h2-4H,1H3. The van der Waals surface area contributed by atoms with E-state index in [1.165, 1.54) is 6.07 Å². The van der Waals surface area contributed by atoms with E-state index in [1.807, 2.05) is 0 Å². The average Bonchev–Trinajstić information content (AvgIpc) is 2.14. The molecule has 0 radical (unpaired) electrons. The van der Waals surface area contributed by atoms with Crippen molar-refractivity contribution in [2.45, 2.75) is 6.92 Å². The maximum absolute atomic E-state index is 13.3. The largest absolute Gasteiger partial charge is 0.236 e. The predicted molar refractivity (Wildman–Crippen MR) is 59.1 cm³/mol. The van der Waals surface area contributed by atoms with Crippen LogP contribution in [0.2, 0.25) is 5.15 Å². The van der Waals surface area contributed by atoms with E-state index in [0.29, 0.717) is 9.63 Å². The van der Waals surface area contributed by atoms with E-state index in [9.17, 15) is 4.39 Å². The van der Waals surface area contributed by atoms with E-state index >= 15 is 0 Å². The Labute approximate surface area is 94.0 Å². The van der Waals surface area contributed by atoms with Crippen LogP contribution < -0.4 is 0 Å². The third-order valence-electron chi connectivity index (χ3n) is 2.02. The molecule has 1 nitrogen and oxygen atoms in total. The minimum atomic E-state index is -0.279. The van der Waals surface area contributed by atoms with Crippen LogP contribution >= 0.6 is 27.5 Å². The molecule has 0 atom stereocenters. The van der Waals surface area contributed by atoms with Crippen LogP contribution in [0.25, 0.3) is 10.9 Å². The van der Waals surface area contributed by atoms with E-state index in [1.54, 1.807) is 19.1 Å². The van der Waals surface area contributed by atoms with Crippen molar-refractivity contribution in [2.24, 2.45) is 0 Å². The zero-order valence-electron chi connectivity index (χ0n) is 7.31. The molecule has 0 unspecified atom stereocenters. The van der Waals surface area contributed by atoms with Crippen molar-refractivity contribution >= 4 is 38.4 Å². The summed E-state index contributed by atoms with van der Waals surface area (Å²) in [7, 11) is 0. The summed E-state index contributed by atoms with van der Waals surface area (Å²) in [4.78, 5) is 4.15. The highest BCUT2D eigenvalue weighted by atomic mass is 79.9. The number of nitrogens with zero attached hydrogens (tertiary/aromatic N) is 1. The van der Waals surface area contributed by atoms with Crippen molar-refractivity contribution in [1.82, 2.24) is 4.98 Å². The van der Waals surface area contributed by atoms with Gasteiger partial charge in [0, 0.05) is 5.39 Å². The number of fused-ring (bicyclic) bond motifs is 1. The molecular weight excluding hydrogens is 268 g/mol. The highest BCUT2D eigenvalue weighted by Crippen LogP contribution is 2.29. The maximum Gasteiger partial charge on any atom is 0.138 e. The number of pyridine rings is 1. The van der Waals surface area contributed by atoms with E-state index in [0.717, 1.165) is 16.5 Å². The molecule has 0 amide bonds. The Morgan fingerprint density at radius 2 is 2.14 bits per heavy atom. The lowest BCUT2D eigenvalue weighted by molar-refractivity contribution is 0.622. The molecular formula is C10H6BrClFN. The first-order valence-electron chi connectivity index (χ1n) is 4.00. The van der Waals surface area contributed by atoms with Gasteiger partial charge in [-0.15, -0.1) is 0 Å². The molecule has 14 heavy (non-hydrogen) atoms. The number of hydrogen-bond acceptors (Lipinski definition) is 1. The number of aromatic nitrogens is 1. The Morgan fingerprint density at radius 1 is 1.43 bits per heavy atom. The molecule has 0 spiro atoms. The lowest BCUT2D eigenvalue weighted by atomic mass is 10.1. The Hall–Kier alpha value is -0.670. The summed E-state index contributed by atoms with van der Waals surface area (Å²) in [5.74, 6) is -0.279. The van der Waals surface area contributed by atoms with Crippen LogP contribution in [-0.2, 0) is 0 Å². The summed E-state index contributed by atoms with van der Waals surface area (Å²) >= 11 is 8.94. The first-order chi connectivity index (χ1) is 6.59. The van der Waals surface area contributed by atoms with Crippen molar-refractivity contribution in [3.05, 3.63) is 39.2 Å². The van der Waals surface area contributed by atoms with Gasteiger partial charge < -0.3 is 0 Å². The Morgan fingerprint density at radius 3 is 2.86 bits per heavy atom. The minimum Gasteiger partial charge on any atom is -0.236 e. The molecule has 1 aromatic heterocycles. The summed E-state index contributed by atoms with van der Waals surface area (Å²) in [5.41, 5.74) is 1.51. The molecule has 0 aliphatic carbocycles. The van der Waals surface area contributed by atoms with E-state index in [-0.39, 0.29) is 5.82 Å². The second-order valence-electron chi connectivity index (χ2n) is 3.02. The summed E-state index contributed by atoms with van der Waals surface area (Å²) in [6.07, 6.45) is 0. The molecule has 2 aromatic rings. The Bertz CT molecular complexity index is 513. The third kappa shape index (κ3) is 1.51. The second-order valence-corrected chi connectivity index (χ2v) is 4.20. The molecule has 0 aliphatic heterocycles. The van der Waals surface area contributed by atoms with Crippen molar-refractivity contribution < 1.29 is 4.39 Å². The molecule has 1 heterocycles. The third-order valence-corrected chi connectivity index (χ3v) is 3.04. The van der Waals surface area contributed by atoms with Crippen LogP contribution in [0.4, 0.5) is 4.39 Å². The zero-order chi connectivity index (χ0) is 10.3. The van der Waals surface area contributed by atoms with Gasteiger partial charge in [-0.25, -0.2) is 9.37 Å². The maximum atomic E-state index is 13.3. The fraction of sp³-hybridized carbons (Fsp3) is 0.100. The fourth-order valence-corrected chi connectivity index (χ4v) is 1.95. The van der Waals surface area contributed by atoms with Gasteiger partial charge in [0.05, 0.1) is 9.99 Å². The zero-order valence-corrected chi connectivity index (χ0v) is 9.66. The average molecular weight is 275 g/mol. The van der Waals surface area contributed by atoms with Crippen molar-refractivity contribution in [3.8, 4) is 0 Å². The van der Waals surface area contributed by atoms with Crippen LogP contribution in [0.15, 0.2) is 22.7 Å². The van der Waals surface area contributed by atoms with Crippen LogP contribution in [0.1, 0.15) is 5.56 Å². The number of hydrogen-bond donors (Lipinski definition) is 0. The summed E-state index contributed by atoms with van der Waals surface area (Å²) in [6, 6.07) is 4.84. The SMILES string of the molecule is Cc1cc(F)c(Br)c2ccc(Cl)nc12. The summed E-state index contributed by atoms with van der Waals surface area (Å²) in [5, 5.41) is 1.16. The van der Waals surface area contributed by atoms with Crippen LogP contribution in [0.5, 0.6) is 0 Å². The monoisotopic (exact) mass is 273 g/mol. The van der Waals surface area contributed by atoms with Gasteiger partial charge >= 0.3 is 0 Å². The highest BCUT2D eigenvalue weighted by Gasteiger charge is 2.08. The topological polar surface area (TPSA) is 12.9 Å². The number of aryl methyl sites for hydroxylation is 1. The molecule has 0 fully saturated rings. The van der Waals surface area contributed by atoms with Gasteiger partial charge in [0.15, 0.2) is 0 Å². The Kier molecular flexibility index (Phi) is 2.45. The van der Waals surface area contributed by atoms with Gasteiger partial charge in [-0.05, 0) is 46.6 Å². The van der Waals surface area contributed by atoms with E-state index < -0.39 is 0 Å². The highest BCUT2D eigenvalue weighted by molar-refractivity contribution is 9.10. The molecule has 0 saturated carbocycles. The smallest absolute Gasteiger partial charge is 0.138 e. The first kappa shape index (κ1) is 9.87. The molecule has 0 bridgehead atoms. The number of halogens is 3. The normalized spacial score (nSPS) is 10.9. The van der Waals surface area contributed by atoms with Crippen LogP contribution in [-0.4, -0.2) is 4.98 Å². The van der Waals surface area contributed by atoms with Gasteiger partial charge in [0.1, 0.15) is 11.0 Å². The molecule has 72 valence electrons. The van der Waals surface area contributed by atoms with Crippen LogP contribution in [0.3, 0.4) is 0 Å². The van der Waals surface area contributed by atoms with E-state index in [2.05, 4.69) is 20.9 Å². The minimum absolute atomic E-state index is 0.279. The first-order valence-corrected chi connectivity index (χ1v) is 5.17. The molecule has 2 rings (SSSR count). The number of rotatable bonds is 0. The molecule has 0 N–H and O–H groups in total. The lowest BCUT2D eigenvalue weighted by Crippen LogP contribution is -1.88. The molecule has 0 saturated heterocycles. The predicted octanol–water partition coefficient (Wildman–Crippen LogP) is 4.10. The lowest BCUT2D eigenvalue weighted by Gasteiger charge is -2.04. The summed E-state index contributed by atoms with van der Waals surface area (Å²) < 4.78 is 13.7. The fourth-order valence-electron chi connectivity index (χ4n) is 1.36. The quantitative estimate of drug-likeness (QED) is 0.659. The Balaban J connectivity index is 2.94. The van der Waals surface area contributed by atoms with Crippen molar-refractivity contribution in [1.29, 1.82) is 0 Å². The summed E-state index contributed by atoms with van der Waals surface area (Å²) in [6.45, 7) is 1.81. The van der Waals surface area contributed by atoms with Gasteiger partial charge in [-0.3, -0.25) is 0 Å². The van der Waals surface area contributed by atoms with Gasteiger partial charge in [0.2, 0.25) is 0 Å². The van der Waals surface area contributed by atoms with Gasteiger partial charge in [-0.2, -0.15) is 0 Å². The van der Waals surface area contributed by atoms with Gasteiger partial charge in [0.25, 0.3) is 0 Å². The molecule has 4 heteroatoms. The van der Waals surface area contributed by atoms with Crippen molar-refractivity contribution in [2.75, 3.05) is 0 Å². The molecule has 1 aromatic carbocycles. The second kappa shape index (κ2) is 3.48. The molecule has 0 aliphatic rings.